The van der Waals surface area contributed by atoms with Gasteiger partial charge >= 0.3 is 6.03 Å². The Morgan fingerprint density at radius 1 is 1.06 bits per heavy atom. The van der Waals surface area contributed by atoms with Gasteiger partial charge in [0.05, 0.1) is 11.4 Å². The molecular formula is C26H22ClN5O3. The molecule has 35 heavy (non-hydrogen) atoms. The minimum absolute atomic E-state index is 0.0546. The summed E-state index contributed by atoms with van der Waals surface area (Å²) in [5.41, 5.74) is 3.44. The van der Waals surface area contributed by atoms with E-state index in [4.69, 9.17) is 11.6 Å². The van der Waals surface area contributed by atoms with Crippen LogP contribution in [0, 0.1) is 0 Å². The number of phenolic OH excluding ortho intramolecular Hbond substituents is 1. The molecule has 0 atom stereocenters. The van der Waals surface area contributed by atoms with Crippen molar-refractivity contribution in [1.82, 2.24) is 20.1 Å². The molecule has 0 aliphatic heterocycles. The highest BCUT2D eigenvalue weighted by molar-refractivity contribution is 6.31. The standard InChI is InChI=1S/C26H22ClN5O3/c27-21-4-2-1-3-18(21)15-29-26(35)32-23(16-5-6-16)14-22(31-32)20-8-7-19(13-24(20)33)30-25(34)17-9-11-28-12-10-17/h1-4,7-14,16,33H,5-6,15H2,(H,29,35)(H,30,34). The fourth-order valence-electron chi connectivity index (χ4n) is 3.78. The highest BCUT2D eigenvalue weighted by Gasteiger charge is 2.30. The molecule has 4 aromatic rings. The Kier molecular flexibility index (Phi) is 6.20. The summed E-state index contributed by atoms with van der Waals surface area (Å²) in [6.45, 7) is 0.273. The third-order valence-corrected chi connectivity index (χ3v) is 6.16. The molecular weight excluding hydrogens is 466 g/mol. The number of nitrogens with zero attached hydrogens (tertiary/aromatic N) is 3. The first-order valence-electron chi connectivity index (χ1n) is 11.2. The first-order chi connectivity index (χ1) is 17.0. The summed E-state index contributed by atoms with van der Waals surface area (Å²) in [6.07, 6.45) is 5.03. The predicted molar refractivity (Wildman–Crippen MR) is 133 cm³/mol. The second kappa shape index (κ2) is 9.60. The van der Waals surface area contributed by atoms with Crippen LogP contribution in [0.25, 0.3) is 11.3 Å². The van der Waals surface area contributed by atoms with Crippen molar-refractivity contribution in [2.45, 2.75) is 25.3 Å². The van der Waals surface area contributed by atoms with Crippen LogP contribution in [-0.4, -0.2) is 31.8 Å². The molecule has 1 aliphatic carbocycles. The molecule has 1 aliphatic rings. The third kappa shape index (κ3) is 5.02. The molecule has 3 N–H and O–H groups in total. The number of rotatable bonds is 6. The van der Waals surface area contributed by atoms with Crippen molar-refractivity contribution in [3.8, 4) is 17.0 Å². The topological polar surface area (TPSA) is 109 Å². The predicted octanol–water partition coefficient (Wildman–Crippen LogP) is 5.19. The maximum atomic E-state index is 13.0. The number of benzene rings is 2. The van der Waals surface area contributed by atoms with Crippen LogP contribution >= 0.6 is 11.6 Å². The molecule has 2 heterocycles. The maximum absolute atomic E-state index is 13.0. The lowest BCUT2D eigenvalue weighted by molar-refractivity contribution is 0.102. The van der Waals surface area contributed by atoms with Crippen LogP contribution < -0.4 is 10.6 Å². The number of anilines is 1. The average molecular weight is 488 g/mol. The first-order valence-corrected chi connectivity index (χ1v) is 11.5. The summed E-state index contributed by atoms with van der Waals surface area (Å²) in [7, 11) is 0. The van der Waals surface area contributed by atoms with E-state index in [0.29, 0.717) is 27.5 Å². The molecule has 0 spiro atoms. The summed E-state index contributed by atoms with van der Waals surface area (Å²) >= 11 is 6.20. The average Bonchev–Trinajstić information content (AvgIpc) is 3.62. The van der Waals surface area contributed by atoms with E-state index in [1.165, 1.54) is 23.1 Å². The van der Waals surface area contributed by atoms with E-state index in [-0.39, 0.29) is 30.2 Å². The number of carbonyl (C=O) groups is 2. The fraction of sp³-hybridized carbons (Fsp3) is 0.154. The first kappa shape index (κ1) is 22.6. The van der Waals surface area contributed by atoms with Crippen LogP contribution in [0.4, 0.5) is 10.5 Å². The monoisotopic (exact) mass is 487 g/mol. The van der Waals surface area contributed by atoms with Gasteiger partial charge in [-0.1, -0.05) is 29.8 Å². The fourth-order valence-corrected chi connectivity index (χ4v) is 3.98. The molecule has 0 bridgehead atoms. The van der Waals surface area contributed by atoms with Gasteiger partial charge in [0.15, 0.2) is 0 Å². The molecule has 0 saturated heterocycles. The van der Waals surface area contributed by atoms with Gasteiger partial charge in [-0.05, 0) is 54.8 Å². The zero-order valence-electron chi connectivity index (χ0n) is 18.6. The summed E-state index contributed by atoms with van der Waals surface area (Å²) in [5, 5.41) is 21.4. The number of phenols is 1. The van der Waals surface area contributed by atoms with Crippen molar-refractivity contribution in [2.75, 3.05) is 5.32 Å². The molecule has 9 heteroatoms. The van der Waals surface area contributed by atoms with Gasteiger partial charge < -0.3 is 15.7 Å². The van der Waals surface area contributed by atoms with Gasteiger partial charge in [0.1, 0.15) is 5.75 Å². The van der Waals surface area contributed by atoms with Crippen molar-refractivity contribution in [2.24, 2.45) is 0 Å². The molecule has 5 rings (SSSR count). The summed E-state index contributed by atoms with van der Waals surface area (Å²) < 4.78 is 1.36. The van der Waals surface area contributed by atoms with Crippen molar-refractivity contribution < 1.29 is 14.7 Å². The number of hydrogen-bond acceptors (Lipinski definition) is 5. The summed E-state index contributed by atoms with van der Waals surface area (Å²) in [6, 6.07) is 16.8. The molecule has 8 nitrogen and oxygen atoms in total. The highest BCUT2D eigenvalue weighted by Crippen LogP contribution is 2.42. The Hall–Kier alpha value is -4.17. The molecule has 1 saturated carbocycles. The smallest absolute Gasteiger partial charge is 0.342 e. The SMILES string of the molecule is O=C(Nc1ccc(-c2cc(C3CC3)n(C(=O)NCc3ccccc3Cl)n2)c(O)c1)c1ccncc1. The zero-order chi connectivity index (χ0) is 24.4. The second-order valence-electron chi connectivity index (χ2n) is 8.31. The lowest BCUT2D eigenvalue weighted by Gasteiger charge is -2.09. The van der Waals surface area contributed by atoms with Crippen molar-refractivity contribution >= 4 is 29.2 Å². The molecule has 176 valence electrons. The quantitative estimate of drug-likeness (QED) is 0.346. The van der Waals surface area contributed by atoms with Gasteiger partial charge in [-0.2, -0.15) is 9.78 Å². The van der Waals surface area contributed by atoms with E-state index >= 15 is 0 Å². The Bertz CT molecular complexity index is 1400. The van der Waals surface area contributed by atoms with E-state index < -0.39 is 0 Å². The number of pyridine rings is 1. The second-order valence-corrected chi connectivity index (χ2v) is 8.72. The van der Waals surface area contributed by atoms with Crippen LogP contribution in [0.5, 0.6) is 5.75 Å². The number of nitrogens with one attached hydrogen (secondary N) is 2. The lowest BCUT2D eigenvalue weighted by Crippen LogP contribution is -2.30. The highest BCUT2D eigenvalue weighted by atomic mass is 35.5. The maximum Gasteiger partial charge on any atom is 0.342 e. The third-order valence-electron chi connectivity index (χ3n) is 5.79. The molecule has 1 fully saturated rings. The minimum atomic E-state index is -0.362. The number of aromatic hydroxyl groups is 1. The zero-order valence-corrected chi connectivity index (χ0v) is 19.4. The largest absolute Gasteiger partial charge is 0.507 e. The molecule has 2 aromatic carbocycles. The minimum Gasteiger partial charge on any atom is -0.507 e. The number of carbonyl (C=O) groups excluding carboxylic acids is 2. The van der Waals surface area contributed by atoms with Gasteiger partial charge in [-0.25, -0.2) is 4.79 Å². The summed E-state index contributed by atoms with van der Waals surface area (Å²) in [4.78, 5) is 29.2. The Morgan fingerprint density at radius 3 is 2.54 bits per heavy atom. The molecule has 2 amide bonds. The molecule has 2 aromatic heterocycles. The number of hydrogen-bond donors (Lipinski definition) is 3. The van der Waals surface area contributed by atoms with E-state index in [1.807, 2.05) is 24.3 Å². The number of aromatic nitrogens is 3. The van der Waals surface area contributed by atoms with Gasteiger partial charge in [-0.15, -0.1) is 0 Å². The van der Waals surface area contributed by atoms with Crippen molar-refractivity contribution in [3.63, 3.8) is 0 Å². The van der Waals surface area contributed by atoms with Crippen LogP contribution in [-0.2, 0) is 6.54 Å². The Morgan fingerprint density at radius 2 is 1.83 bits per heavy atom. The van der Waals surface area contributed by atoms with Gasteiger partial charge in [0, 0.05) is 52.8 Å². The van der Waals surface area contributed by atoms with Gasteiger partial charge in [0.25, 0.3) is 5.91 Å². The molecule has 0 unspecified atom stereocenters. The summed E-state index contributed by atoms with van der Waals surface area (Å²) in [5.74, 6) is -0.112. The van der Waals surface area contributed by atoms with E-state index in [0.717, 1.165) is 24.1 Å². The van der Waals surface area contributed by atoms with Crippen LogP contribution in [0.3, 0.4) is 0 Å². The van der Waals surface area contributed by atoms with E-state index in [2.05, 4.69) is 20.7 Å². The molecule has 0 radical (unpaired) electrons. The van der Waals surface area contributed by atoms with E-state index in [9.17, 15) is 14.7 Å². The Balaban J connectivity index is 1.35. The van der Waals surface area contributed by atoms with Gasteiger partial charge in [-0.3, -0.25) is 9.78 Å². The normalized spacial score (nSPS) is 12.8. The van der Waals surface area contributed by atoms with Crippen LogP contribution in [0.1, 0.15) is 40.4 Å². The van der Waals surface area contributed by atoms with Crippen LogP contribution in [0.2, 0.25) is 5.02 Å². The van der Waals surface area contributed by atoms with Crippen LogP contribution in [0.15, 0.2) is 73.1 Å². The number of halogens is 1. The Labute approximate surface area is 206 Å². The van der Waals surface area contributed by atoms with Crippen molar-refractivity contribution in [1.29, 1.82) is 0 Å². The van der Waals surface area contributed by atoms with E-state index in [1.54, 1.807) is 30.3 Å². The van der Waals surface area contributed by atoms with Gasteiger partial charge in [0.2, 0.25) is 0 Å². The van der Waals surface area contributed by atoms with Crippen molar-refractivity contribution in [3.05, 3.63) is 94.9 Å². The lowest BCUT2D eigenvalue weighted by atomic mass is 10.1. The number of amides is 2.